The second-order valence-electron chi connectivity index (χ2n) is 4.83. The van der Waals surface area contributed by atoms with Gasteiger partial charge in [0, 0.05) is 0 Å². The lowest BCUT2D eigenvalue weighted by atomic mass is 10.2. The average molecular weight is 474 g/mol. The SMILES string of the molecule is O=C(Nc1c(Cl)cccc1Cl)[C@](F)(OC(F)(F)C(F)(F)C(F)(F)F)C(F)(F)F. The van der Waals surface area contributed by atoms with Crippen LogP contribution < -0.4 is 5.32 Å². The number of nitrogens with one attached hydrogen (secondary N) is 1. The van der Waals surface area contributed by atoms with Crippen LogP contribution >= 0.6 is 23.2 Å². The highest BCUT2D eigenvalue weighted by Gasteiger charge is 2.79. The van der Waals surface area contributed by atoms with Gasteiger partial charge in [0.15, 0.2) is 0 Å². The van der Waals surface area contributed by atoms with Crippen molar-refractivity contribution >= 4 is 34.8 Å². The van der Waals surface area contributed by atoms with E-state index in [-0.39, 0.29) is 0 Å². The van der Waals surface area contributed by atoms with Crippen molar-refractivity contribution in [3.63, 3.8) is 0 Å². The third kappa shape index (κ3) is 4.38. The van der Waals surface area contributed by atoms with Gasteiger partial charge in [0.05, 0.1) is 15.7 Å². The Hall–Kier alpha value is -1.54. The fourth-order valence-electron chi connectivity index (χ4n) is 1.45. The first kappa shape index (κ1) is 24.5. The zero-order valence-corrected chi connectivity index (χ0v) is 14.0. The first-order valence-electron chi connectivity index (χ1n) is 6.31. The highest BCUT2D eigenvalue weighted by atomic mass is 35.5. The zero-order chi connectivity index (χ0) is 22.3. The number of rotatable bonds is 5. The topological polar surface area (TPSA) is 38.3 Å². The number of halogens is 13. The first-order chi connectivity index (χ1) is 12.3. The molecule has 1 amide bonds. The van der Waals surface area contributed by atoms with Crippen molar-refractivity contribution in [2.45, 2.75) is 30.2 Å². The fourth-order valence-corrected chi connectivity index (χ4v) is 1.94. The van der Waals surface area contributed by atoms with E-state index in [1.807, 2.05) is 0 Å². The minimum absolute atomic E-state index is 0.655. The van der Waals surface area contributed by atoms with Gasteiger partial charge in [-0.3, -0.25) is 9.53 Å². The maximum Gasteiger partial charge on any atom is 0.462 e. The number of carbonyl (C=O) groups excluding carboxylic acids is 1. The number of carbonyl (C=O) groups is 1. The van der Waals surface area contributed by atoms with E-state index < -0.39 is 51.9 Å². The number of ether oxygens (including phenoxy) is 1. The van der Waals surface area contributed by atoms with E-state index in [0.29, 0.717) is 0 Å². The van der Waals surface area contributed by atoms with Crippen molar-refractivity contribution in [3.05, 3.63) is 28.2 Å². The molecule has 0 aliphatic carbocycles. The quantitative estimate of drug-likeness (QED) is 0.535. The molecule has 28 heavy (non-hydrogen) atoms. The Labute approximate surface area is 157 Å². The molecule has 0 unspecified atom stereocenters. The van der Waals surface area contributed by atoms with E-state index >= 15 is 0 Å². The molecular weight excluding hydrogens is 470 g/mol. The number of benzene rings is 1. The molecule has 0 aromatic heterocycles. The highest BCUT2D eigenvalue weighted by Crippen LogP contribution is 2.51. The molecule has 0 spiro atoms. The van der Waals surface area contributed by atoms with Crippen LogP contribution in [0.5, 0.6) is 0 Å². The molecule has 1 rings (SSSR count). The van der Waals surface area contributed by atoms with Crippen LogP contribution in [0.15, 0.2) is 18.2 Å². The van der Waals surface area contributed by atoms with Gasteiger partial charge in [0.2, 0.25) is 0 Å². The molecule has 3 nitrogen and oxygen atoms in total. The number of para-hydroxylation sites is 1. The minimum Gasteiger partial charge on any atom is -0.318 e. The van der Waals surface area contributed by atoms with Gasteiger partial charge in [-0.2, -0.15) is 48.3 Å². The lowest BCUT2D eigenvalue weighted by Crippen LogP contribution is -2.62. The largest absolute Gasteiger partial charge is 0.462 e. The van der Waals surface area contributed by atoms with E-state index in [1.165, 1.54) is 0 Å². The Balaban J connectivity index is 3.39. The van der Waals surface area contributed by atoms with Crippen molar-refractivity contribution in [3.8, 4) is 0 Å². The predicted molar refractivity (Wildman–Crippen MR) is 72.0 cm³/mol. The number of alkyl halides is 11. The summed E-state index contributed by atoms with van der Waals surface area (Å²) >= 11 is 10.9. The Morgan fingerprint density at radius 2 is 1.25 bits per heavy atom. The average Bonchev–Trinajstić information content (AvgIpc) is 2.47. The summed E-state index contributed by atoms with van der Waals surface area (Å²) < 4.78 is 142. The van der Waals surface area contributed by atoms with Gasteiger partial charge in [0.25, 0.3) is 5.91 Å². The lowest BCUT2D eigenvalue weighted by molar-refractivity contribution is -0.472. The normalized spacial score (nSPS) is 15.9. The van der Waals surface area contributed by atoms with Gasteiger partial charge in [-0.05, 0) is 12.1 Å². The molecule has 1 N–H and O–H groups in total. The van der Waals surface area contributed by atoms with Gasteiger partial charge in [-0.1, -0.05) is 29.3 Å². The molecule has 160 valence electrons. The Bertz CT molecular complexity index is 730. The maximum atomic E-state index is 14.0. The summed E-state index contributed by atoms with van der Waals surface area (Å²) in [6, 6.07) is 2.84. The monoisotopic (exact) mass is 473 g/mol. The summed E-state index contributed by atoms with van der Waals surface area (Å²) in [5.74, 6) is -16.9. The van der Waals surface area contributed by atoms with E-state index in [0.717, 1.165) is 23.5 Å². The number of anilines is 1. The maximum absolute atomic E-state index is 14.0. The molecule has 0 heterocycles. The highest BCUT2D eigenvalue weighted by molar-refractivity contribution is 6.39. The van der Waals surface area contributed by atoms with Crippen molar-refractivity contribution in [1.82, 2.24) is 0 Å². The van der Waals surface area contributed by atoms with Crippen LogP contribution in [0.1, 0.15) is 0 Å². The second-order valence-corrected chi connectivity index (χ2v) is 5.65. The molecule has 16 heteroatoms. The van der Waals surface area contributed by atoms with E-state index in [2.05, 4.69) is 4.74 Å². The summed E-state index contributed by atoms with van der Waals surface area (Å²) in [4.78, 5) is 11.5. The number of amides is 1. The Morgan fingerprint density at radius 1 is 0.821 bits per heavy atom. The number of hydrogen-bond acceptors (Lipinski definition) is 2. The molecule has 0 radical (unpaired) electrons. The van der Waals surface area contributed by atoms with Crippen molar-refractivity contribution < 1.29 is 57.8 Å². The van der Waals surface area contributed by atoms with E-state index in [4.69, 9.17) is 23.2 Å². The van der Waals surface area contributed by atoms with Gasteiger partial charge >= 0.3 is 30.2 Å². The molecule has 0 aliphatic rings. The van der Waals surface area contributed by atoms with Crippen LogP contribution in [0.25, 0.3) is 0 Å². The molecule has 1 aromatic carbocycles. The van der Waals surface area contributed by atoms with Crippen LogP contribution in [0, 0.1) is 0 Å². The molecule has 1 aromatic rings. The van der Waals surface area contributed by atoms with Gasteiger partial charge in [0.1, 0.15) is 0 Å². The fraction of sp³-hybridized carbons (Fsp3) is 0.417. The van der Waals surface area contributed by atoms with Crippen LogP contribution in [-0.4, -0.2) is 36.1 Å². The summed E-state index contributed by atoms with van der Waals surface area (Å²) in [6.45, 7) is 0. The van der Waals surface area contributed by atoms with Crippen LogP contribution in [0.2, 0.25) is 10.0 Å². The van der Waals surface area contributed by atoms with Gasteiger partial charge in [-0.15, -0.1) is 0 Å². The lowest BCUT2D eigenvalue weighted by Gasteiger charge is -2.34. The summed E-state index contributed by atoms with van der Waals surface area (Å²) in [7, 11) is 0. The van der Waals surface area contributed by atoms with Crippen molar-refractivity contribution in [1.29, 1.82) is 0 Å². The van der Waals surface area contributed by atoms with Gasteiger partial charge in [-0.25, -0.2) is 0 Å². The minimum atomic E-state index is -7.29. The second kappa shape index (κ2) is 7.37. The standard InChI is InChI=1S/C12H4Cl2F11NO2/c13-4-2-1-3-5(14)6(4)26-7(27)8(15,10(18,19)20)28-12(24,25)9(16,17)11(21,22)23/h1-3H,(H,26,27)/t8-/m0/s1. The Kier molecular flexibility index (Phi) is 6.45. The smallest absolute Gasteiger partial charge is 0.318 e. The van der Waals surface area contributed by atoms with E-state index in [9.17, 15) is 53.1 Å². The third-order valence-electron chi connectivity index (χ3n) is 2.85. The molecule has 0 fully saturated rings. The first-order valence-corrected chi connectivity index (χ1v) is 7.07. The molecular formula is C12H4Cl2F11NO2. The molecule has 0 bridgehead atoms. The third-order valence-corrected chi connectivity index (χ3v) is 3.48. The molecule has 1 atom stereocenters. The molecule has 0 aliphatic heterocycles. The van der Waals surface area contributed by atoms with Crippen molar-refractivity contribution in [2.24, 2.45) is 0 Å². The summed E-state index contributed by atoms with van der Waals surface area (Å²) in [5.41, 5.74) is -0.989. The molecule has 0 saturated carbocycles. The number of hydrogen-bond donors (Lipinski definition) is 1. The predicted octanol–water partition coefficient (Wildman–Crippen LogP) is 5.97. The summed E-state index contributed by atoms with van der Waals surface area (Å²) in [6.07, 6.45) is -21.1. The van der Waals surface area contributed by atoms with E-state index in [1.54, 1.807) is 0 Å². The zero-order valence-electron chi connectivity index (χ0n) is 12.5. The summed E-state index contributed by atoms with van der Waals surface area (Å²) in [5, 5.41) is -0.354. The molecule has 0 saturated heterocycles. The van der Waals surface area contributed by atoms with Crippen LogP contribution in [0.3, 0.4) is 0 Å². The Morgan fingerprint density at radius 3 is 1.61 bits per heavy atom. The van der Waals surface area contributed by atoms with Crippen molar-refractivity contribution in [2.75, 3.05) is 5.32 Å². The van der Waals surface area contributed by atoms with Crippen LogP contribution in [0.4, 0.5) is 54.0 Å². The van der Waals surface area contributed by atoms with Crippen LogP contribution in [-0.2, 0) is 9.53 Å². The van der Waals surface area contributed by atoms with Gasteiger partial charge < -0.3 is 5.32 Å².